The molecule has 2 N–H and O–H groups in total. The van der Waals surface area contributed by atoms with Gasteiger partial charge in [0.1, 0.15) is 6.61 Å². The Kier molecular flexibility index (Phi) is 7.26. The van der Waals surface area contributed by atoms with Gasteiger partial charge in [0.25, 0.3) is 0 Å². The van der Waals surface area contributed by atoms with Gasteiger partial charge in [-0.3, -0.25) is 9.59 Å². The molecule has 0 spiro atoms. The largest absolute Gasteiger partial charge is 0.392 e. The molecule has 0 aromatic carbocycles. The van der Waals surface area contributed by atoms with Gasteiger partial charge in [-0.2, -0.15) is 0 Å². The van der Waals surface area contributed by atoms with Gasteiger partial charge in [-0.25, -0.2) is 0 Å². The van der Waals surface area contributed by atoms with Crippen LogP contribution in [0, 0.1) is 29.1 Å². The Morgan fingerprint density at radius 3 is 2.52 bits per heavy atom. The van der Waals surface area contributed by atoms with Crippen molar-refractivity contribution in [3.05, 3.63) is 0 Å². The predicted octanol–water partition coefficient (Wildman–Crippen LogP) is 2.59. The van der Waals surface area contributed by atoms with E-state index in [1.165, 1.54) is 13.5 Å². The van der Waals surface area contributed by atoms with Crippen LogP contribution in [0.5, 0.6) is 0 Å². The number of carbonyl (C=O) groups is 2. The number of hydrogen-bond acceptors (Lipinski definition) is 4. The lowest BCUT2D eigenvalue weighted by atomic mass is 9.51. The zero-order chi connectivity index (χ0) is 21.2. The normalized spacial score (nSPS) is 38.8. The fourth-order valence-electron chi connectivity index (χ4n) is 6.46. The molecule has 6 heteroatoms. The molecule has 6 nitrogen and oxygen atoms in total. The van der Waals surface area contributed by atoms with Crippen molar-refractivity contribution in [1.29, 1.82) is 0 Å². The van der Waals surface area contributed by atoms with E-state index in [4.69, 9.17) is 4.74 Å². The Morgan fingerprint density at radius 1 is 1.21 bits per heavy atom. The number of amides is 2. The molecule has 7 atom stereocenters. The lowest BCUT2D eigenvalue weighted by Gasteiger charge is -2.56. The van der Waals surface area contributed by atoms with Crippen LogP contribution in [0.15, 0.2) is 0 Å². The topological polar surface area (TPSA) is 78.9 Å². The Balaban J connectivity index is 1.71. The molecule has 0 radical (unpaired) electrons. The molecule has 1 aliphatic heterocycles. The van der Waals surface area contributed by atoms with Crippen LogP contribution >= 0.6 is 0 Å². The summed E-state index contributed by atoms with van der Waals surface area (Å²) in [7, 11) is 1.52. The van der Waals surface area contributed by atoms with Gasteiger partial charge in [-0.1, -0.05) is 20.8 Å². The summed E-state index contributed by atoms with van der Waals surface area (Å²) in [5, 5.41) is 14.6. The van der Waals surface area contributed by atoms with Crippen LogP contribution in [0.25, 0.3) is 0 Å². The van der Waals surface area contributed by atoms with E-state index in [2.05, 4.69) is 19.2 Å². The van der Waals surface area contributed by atoms with Crippen LogP contribution in [-0.2, 0) is 14.3 Å². The van der Waals surface area contributed by atoms with Gasteiger partial charge < -0.3 is 20.1 Å². The van der Waals surface area contributed by atoms with Crippen molar-refractivity contribution in [2.75, 3.05) is 26.8 Å². The number of likely N-dealkylation sites (tertiary alicyclic amines) is 1. The number of methoxy groups -OCH3 is 1. The van der Waals surface area contributed by atoms with Gasteiger partial charge in [0.2, 0.25) is 11.8 Å². The van der Waals surface area contributed by atoms with E-state index in [0.717, 1.165) is 51.6 Å². The number of nitrogens with one attached hydrogen (secondary N) is 1. The molecule has 1 saturated heterocycles. The quantitative estimate of drug-likeness (QED) is 0.733. The Morgan fingerprint density at radius 2 is 1.86 bits per heavy atom. The Labute approximate surface area is 175 Å². The molecular formula is C23H40N2O4. The number of rotatable bonds is 5. The number of nitrogens with zero attached hydrogens (tertiary/aromatic N) is 1. The van der Waals surface area contributed by atoms with Crippen LogP contribution in [-0.4, -0.2) is 60.8 Å². The summed E-state index contributed by atoms with van der Waals surface area (Å²) in [6, 6.07) is 0.0530. The zero-order valence-corrected chi connectivity index (χ0v) is 18.7. The van der Waals surface area contributed by atoms with Crippen molar-refractivity contribution >= 4 is 11.8 Å². The third kappa shape index (κ3) is 4.63. The highest BCUT2D eigenvalue weighted by atomic mass is 16.5. The number of aliphatic hydroxyl groups is 1. The van der Waals surface area contributed by atoms with Gasteiger partial charge in [-0.05, 0) is 68.1 Å². The number of fused-ring (bicyclic) bond motifs is 1. The second kappa shape index (κ2) is 9.34. The van der Waals surface area contributed by atoms with E-state index in [1.54, 1.807) is 0 Å². The summed E-state index contributed by atoms with van der Waals surface area (Å²) < 4.78 is 4.96. The monoisotopic (exact) mass is 408 g/mol. The van der Waals surface area contributed by atoms with E-state index in [0.29, 0.717) is 0 Å². The fourth-order valence-corrected chi connectivity index (χ4v) is 6.46. The summed E-state index contributed by atoms with van der Waals surface area (Å²) in [6.45, 7) is 8.24. The molecular weight excluding hydrogens is 368 g/mol. The van der Waals surface area contributed by atoms with Gasteiger partial charge in [-0.15, -0.1) is 0 Å². The van der Waals surface area contributed by atoms with Gasteiger partial charge >= 0.3 is 0 Å². The molecule has 7 unspecified atom stereocenters. The Hall–Kier alpha value is -1.14. The zero-order valence-electron chi connectivity index (χ0n) is 18.7. The number of aliphatic hydroxyl groups excluding tert-OH is 1. The smallest absolute Gasteiger partial charge is 0.246 e. The van der Waals surface area contributed by atoms with Crippen molar-refractivity contribution in [3.63, 3.8) is 0 Å². The first-order chi connectivity index (χ1) is 13.8. The van der Waals surface area contributed by atoms with E-state index in [9.17, 15) is 14.7 Å². The molecule has 29 heavy (non-hydrogen) atoms. The summed E-state index contributed by atoms with van der Waals surface area (Å²) >= 11 is 0. The third-order valence-electron chi connectivity index (χ3n) is 8.21. The highest BCUT2D eigenvalue weighted by Crippen LogP contribution is 2.55. The summed E-state index contributed by atoms with van der Waals surface area (Å²) in [5.74, 6) is 0.236. The minimum Gasteiger partial charge on any atom is -0.392 e. The maximum atomic E-state index is 13.1. The van der Waals surface area contributed by atoms with E-state index in [-0.39, 0.29) is 53.5 Å². The highest BCUT2D eigenvalue weighted by Gasteiger charge is 2.54. The first-order valence-corrected chi connectivity index (χ1v) is 11.5. The molecule has 0 aromatic heterocycles. The predicted molar refractivity (Wildman–Crippen MR) is 112 cm³/mol. The molecule has 1 heterocycles. The molecule has 2 aliphatic carbocycles. The number of ether oxygens (including phenoxy) is 1. The fraction of sp³-hybridized carbons (Fsp3) is 0.913. The van der Waals surface area contributed by atoms with Crippen LogP contribution in [0.1, 0.15) is 65.7 Å². The Bertz CT molecular complexity index is 591. The first kappa shape index (κ1) is 22.5. The van der Waals surface area contributed by atoms with E-state index in [1.807, 2.05) is 11.8 Å². The molecule has 3 rings (SSSR count). The SMILES string of the molecule is COCC(=O)NC1CCC2(C)CCC(C(C)C(=O)N3CCCCC3)C(O)C2C1C. The van der Waals surface area contributed by atoms with E-state index < -0.39 is 6.10 Å². The van der Waals surface area contributed by atoms with Crippen molar-refractivity contribution in [2.45, 2.75) is 77.9 Å². The van der Waals surface area contributed by atoms with E-state index >= 15 is 0 Å². The maximum Gasteiger partial charge on any atom is 0.246 e. The van der Waals surface area contributed by atoms with Gasteiger partial charge in [0.05, 0.1) is 6.10 Å². The lowest BCUT2D eigenvalue weighted by Crippen LogP contribution is -2.59. The average molecular weight is 409 g/mol. The van der Waals surface area contributed by atoms with Crippen molar-refractivity contribution < 1.29 is 19.4 Å². The second-order valence-corrected chi connectivity index (χ2v) is 10.1. The molecule has 3 fully saturated rings. The summed E-state index contributed by atoms with van der Waals surface area (Å²) in [5.41, 5.74) is 0.0751. The summed E-state index contributed by atoms with van der Waals surface area (Å²) in [6.07, 6.45) is 6.76. The number of hydrogen-bond donors (Lipinski definition) is 2. The molecule has 2 saturated carbocycles. The molecule has 0 aromatic rings. The third-order valence-corrected chi connectivity index (χ3v) is 8.21. The van der Waals surface area contributed by atoms with Crippen LogP contribution < -0.4 is 5.32 Å². The van der Waals surface area contributed by atoms with Crippen LogP contribution in [0.3, 0.4) is 0 Å². The van der Waals surface area contributed by atoms with Gasteiger partial charge in [0.15, 0.2) is 0 Å². The molecule has 0 bridgehead atoms. The number of piperidine rings is 1. The van der Waals surface area contributed by atoms with Crippen LogP contribution in [0.4, 0.5) is 0 Å². The molecule has 166 valence electrons. The minimum atomic E-state index is -0.505. The second-order valence-electron chi connectivity index (χ2n) is 10.1. The maximum absolute atomic E-state index is 13.1. The standard InChI is InChI=1S/C23H40N2O4/c1-15(22(28)25-12-6-5-7-13-25)17-8-10-23(3)11-9-18(24-19(26)14-29-4)16(2)20(23)21(17)27/h15-18,20-21,27H,5-14H2,1-4H3,(H,24,26). The lowest BCUT2D eigenvalue weighted by molar-refractivity contribution is -0.151. The first-order valence-electron chi connectivity index (χ1n) is 11.5. The molecule has 2 amide bonds. The van der Waals surface area contributed by atoms with Crippen molar-refractivity contribution in [1.82, 2.24) is 10.2 Å². The average Bonchev–Trinajstić information content (AvgIpc) is 2.70. The highest BCUT2D eigenvalue weighted by molar-refractivity contribution is 5.79. The summed E-state index contributed by atoms with van der Waals surface area (Å²) in [4.78, 5) is 27.2. The van der Waals surface area contributed by atoms with Gasteiger partial charge in [0, 0.05) is 32.2 Å². The minimum absolute atomic E-state index is 0.00150. The van der Waals surface area contributed by atoms with Crippen molar-refractivity contribution in [2.24, 2.45) is 29.1 Å². The molecule has 3 aliphatic rings. The van der Waals surface area contributed by atoms with Crippen molar-refractivity contribution in [3.8, 4) is 0 Å². The number of carbonyl (C=O) groups excluding carboxylic acids is 2. The van der Waals surface area contributed by atoms with Crippen LogP contribution in [0.2, 0.25) is 0 Å².